The summed E-state index contributed by atoms with van der Waals surface area (Å²) in [5.74, 6) is -1.11. The summed E-state index contributed by atoms with van der Waals surface area (Å²) in [6.45, 7) is 12.9. The minimum atomic E-state index is -0.999. The molecule has 0 radical (unpaired) electrons. The summed E-state index contributed by atoms with van der Waals surface area (Å²) < 4.78 is 11.1. The molecule has 3 aliphatic rings. The standard InChI is InChI=1S/C52H69ClN10O9S/c1-32-24-41(65)45-44(32)48(58-30-57-45)61-17-19-62(20-18-61)50(69)39(35-10-12-37(53)13-11-35)27-54-15-14-42(66)55-16-21-71-22-23-72-29-43(67)60-47(52(3,4)5)51(70)63-28-38(64)25-40(63)49(68)56-26-34-6-8-36(9-7-34)46-33(2)59-31-73-46/h6-13,30-32,38-41,47,54,64-65H,14-29H2,1-5H3,(H,55,66)(H,56,68)(H,60,67)/t32-,38-,39-,40+,41-,47-/m1/s1. The lowest BCUT2D eigenvalue weighted by molar-refractivity contribution is -0.144. The number of amides is 5. The Balaban J connectivity index is 0.772. The number of hydrogen-bond donors (Lipinski definition) is 6. The Morgan fingerprint density at radius 3 is 2.29 bits per heavy atom. The number of carbonyl (C=O) groups is 5. The number of likely N-dealkylation sites (tertiary alicyclic amines) is 1. The number of carbonyl (C=O) groups excluding carboxylic acids is 5. The van der Waals surface area contributed by atoms with E-state index in [0.29, 0.717) is 56.4 Å². The summed E-state index contributed by atoms with van der Waals surface area (Å²) in [5, 5.41) is 33.4. The number of β-amino-alcohol motifs (C(OH)–C–C–N with tert-alkyl or cyclic N) is 1. The lowest BCUT2D eigenvalue weighted by Gasteiger charge is -2.38. The number of rotatable bonds is 22. The van der Waals surface area contributed by atoms with Gasteiger partial charge in [-0.2, -0.15) is 0 Å². The Morgan fingerprint density at radius 2 is 1.59 bits per heavy atom. The van der Waals surface area contributed by atoms with Crippen molar-refractivity contribution < 1.29 is 43.7 Å². The maximum absolute atomic E-state index is 14.0. The largest absolute Gasteiger partial charge is 0.391 e. The number of aryl methyl sites for hydroxylation is 1. The van der Waals surface area contributed by atoms with Gasteiger partial charge in [0, 0.05) is 82.3 Å². The molecule has 73 heavy (non-hydrogen) atoms. The van der Waals surface area contributed by atoms with Gasteiger partial charge in [0.2, 0.25) is 29.5 Å². The van der Waals surface area contributed by atoms with Gasteiger partial charge >= 0.3 is 0 Å². The minimum Gasteiger partial charge on any atom is -0.391 e. The number of aromatic nitrogens is 3. The number of thiazole rings is 1. The van der Waals surface area contributed by atoms with E-state index >= 15 is 0 Å². The second kappa shape index (κ2) is 25.6. The molecule has 0 unspecified atom stereocenters. The number of aliphatic hydroxyl groups is 2. The number of halogens is 1. The fourth-order valence-electron chi connectivity index (χ4n) is 9.52. The van der Waals surface area contributed by atoms with Gasteiger partial charge in [0.25, 0.3) is 0 Å². The highest BCUT2D eigenvalue weighted by atomic mass is 35.5. The van der Waals surface area contributed by atoms with Crippen molar-refractivity contribution in [3.63, 3.8) is 0 Å². The molecule has 0 spiro atoms. The fraction of sp³-hybridized carbons (Fsp3) is 0.538. The lowest BCUT2D eigenvalue weighted by atomic mass is 9.85. The number of anilines is 1. The molecule has 7 rings (SSSR count). The normalized spacial score (nSPS) is 19.6. The van der Waals surface area contributed by atoms with Gasteiger partial charge in [-0.05, 0) is 53.5 Å². The molecule has 394 valence electrons. The Morgan fingerprint density at radius 1 is 0.863 bits per heavy atom. The minimum absolute atomic E-state index is 0.0192. The number of nitrogens with one attached hydrogen (secondary N) is 4. The molecule has 6 N–H and O–H groups in total. The highest BCUT2D eigenvalue weighted by Crippen LogP contribution is 2.43. The summed E-state index contributed by atoms with van der Waals surface area (Å²) in [5.41, 5.74) is 6.45. The van der Waals surface area contributed by atoms with Crippen molar-refractivity contribution >= 4 is 58.3 Å². The molecule has 4 heterocycles. The second-order valence-electron chi connectivity index (χ2n) is 20.0. The van der Waals surface area contributed by atoms with Crippen LogP contribution in [0.25, 0.3) is 10.4 Å². The van der Waals surface area contributed by atoms with Crippen LogP contribution < -0.4 is 26.2 Å². The number of hydrogen-bond acceptors (Lipinski definition) is 15. The molecule has 21 heteroatoms. The van der Waals surface area contributed by atoms with E-state index in [4.69, 9.17) is 21.1 Å². The number of nitrogens with zero attached hydrogens (tertiary/aromatic N) is 6. The summed E-state index contributed by atoms with van der Waals surface area (Å²) >= 11 is 7.75. The van der Waals surface area contributed by atoms with Gasteiger partial charge in [-0.3, -0.25) is 24.0 Å². The highest BCUT2D eigenvalue weighted by molar-refractivity contribution is 7.13. The topological polar surface area (TPSA) is 241 Å². The Hall–Kier alpha value is -5.61. The average molecular weight is 1050 g/mol. The van der Waals surface area contributed by atoms with E-state index in [1.165, 1.54) is 11.2 Å². The first kappa shape index (κ1) is 55.1. The lowest BCUT2D eigenvalue weighted by Crippen LogP contribution is -2.58. The van der Waals surface area contributed by atoms with E-state index in [9.17, 15) is 34.2 Å². The summed E-state index contributed by atoms with van der Waals surface area (Å²) in [6.07, 6.45) is 0.895. The van der Waals surface area contributed by atoms with Crippen molar-refractivity contribution in [1.29, 1.82) is 0 Å². The van der Waals surface area contributed by atoms with Gasteiger partial charge < -0.3 is 55.7 Å². The number of benzene rings is 2. The van der Waals surface area contributed by atoms with Crippen molar-refractivity contribution in [3.05, 3.63) is 93.5 Å². The molecule has 6 atom stereocenters. The number of aliphatic hydroxyl groups excluding tert-OH is 2. The molecule has 4 aromatic rings. The Bertz CT molecular complexity index is 2520. The van der Waals surface area contributed by atoms with Crippen LogP contribution in [-0.2, 0) is 40.0 Å². The Labute approximate surface area is 435 Å². The predicted molar refractivity (Wildman–Crippen MR) is 277 cm³/mol. The van der Waals surface area contributed by atoms with Crippen LogP contribution in [0.5, 0.6) is 0 Å². The van der Waals surface area contributed by atoms with Crippen LogP contribution in [0.1, 0.15) is 93.0 Å². The van der Waals surface area contributed by atoms with Crippen molar-refractivity contribution in [2.24, 2.45) is 5.41 Å². The molecule has 0 bridgehead atoms. The van der Waals surface area contributed by atoms with E-state index < -0.39 is 53.3 Å². The van der Waals surface area contributed by atoms with Crippen molar-refractivity contribution in [2.75, 3.05) is 83.7 Å². The summed E-state index contributed by atoms with van der Waals surface area (Å²) in [7, 11) is 0. The average Bonchev–Trinajstić information content (AvgIpc) is 4.08. The van der Waals surface area contributed by atoms with E-state index in [1.807, 2.05) is 69.0 Å². The molecule has 19 nitrogen and oxygen atoms in total. The molecule has 2 aromatic heterocycles. The Kier molecular flexibility index (Phi) is 19.3. The molecule has 2 saturated heterocycles. The van der Waals surface area contributed by atoms with Gasteiger partial charge in [-0.1, -0.05) is 75.7 Å². The monoisotopic (exact) mass is 1040 g/mol. The van der Waals surface area contributed by atoms with Gasteiger partial charge in [0.05, 0.1) is 59.7 Å². The molecule has 5 amide bonds. The maximum atomic E-state index is 14.0. The molecular formula is C52H69ClN10O9S. The predicted octanol–water partition coefficient (Wildman–Crippen LogP) is 3.47. The van der Waals surface area contributed by atoms with Gasteiger partial charge in [0.15, 0.2) is 0 Å². The third-order valence-electron chi connectivity index (χ3n) is 13.5. The second-order valence-corrected chi connectivity index (χ2v) is 21.3. The number of fused-ring (bicyclic) bond motifs is 1. The van der Waals surface area contributed by atoms with Crippen LogP contribution in [0.4, 0.5) is 5.82 Å². The van der Waals surface area contributed by atoms with Crippen LogP contribution in [0, 0.1) is 12.3 Å². The molecule has 2 aromatic carbocycles. The van der Waals surface area contributed by atoms with Crippen molar-refractivity contribution in [2.45, 2.75) is 96.6 Å². The fourth-order valence-corrected chi connectivity index (χ4v) is 10.5. The first-order chi connectivity index (χ1) is 35.0. The third kappa shape index (κ3) is 14.6. The van der Waals surface area contributed by atoms with Crippen LogP contribution in [0.15, 0.2) is 60.4 Å². The quantitative estimate of drug-likeness (QED) is 0.0619. The van der Waals surface area contributed by atoms with Gasteiger partial charge in [-0.25, -0.2) is 15.0 Å². The van der Waals surface area contributed by atoms with Crippen molar-refractivity contribution in [1.82, 2.24) is 46.0 Å². The third-order valence-corrected chi connectivity index (χ3v) is 14.7. The number of piperazine rings is 1. The first-order valence-electron chi connectivity index (χ1n) is 25.0. The van der Waals surface area contributed by atoms with Crippen molar-refractivity contribution in [3.8, 4) is 10.4 Å². The zero-order valence-corrected chi connectivity index (χ0v) is 43.8. The van der Waals surface area contributed by atoms with E-state index in [0.717, 1.165) is 38.6 Å². The van der Waals surface area contributed by atoms with Crippen LogP contribution in [0.2, 0.25) is 5.02 Å². The zero-order valence-electron chi connectivity index (χ0n) is 42.3. The highest BCUT2D eigenvalue weighted by Gasteiger charge is 2.44. The van der Waals surface area contributed by atoms with Crippen LogP contribution >= 0.6 is 22.9 Å². The molecular weight excluding hydrogens is 976 g/mol. The molecule has 0 saturated carbocycles. The zero-order chi connectivity index (χ0) is 52.2. The SMILES string of the molecule is Cc1ncsc1-c1ccc(CNC(=O)[C@@H]2C[C@@H](O)CN2C(=O)[C@@H](NC(=O)COCCOCCNC(=O)CCNC[C@@H](C(=O)N2CCN(c3ncnc4c3[C@H](C)C[C@H]4O)CC2)c2ccc(Cl)cc2)C(C)(C)C)cc1. The van der Waals surface area contributed by atoms with E-state index in [-0.39, 0.29) is 76.6 Å². The van der Waals surface area contributed by atoms with Gasteiger partial charge in [-0.15, -0.1) is 11.3 Å². The molecule has 2 aliphatic heterocycles. The van der Waals surface area contributed by atoms with Crippen LogP contribution in [-0.4, -0.2) is 161 Å². The molecule has 1 aliphatic carbocycles. The van der Waals surface area contributed by atoms with E-state index in [1.54, 1.807) is 29.0 Å². The van der Waals surface area contributed by atoms with Crippen LogP contribution in [0.3, 0.4) is 0 Å². The first-order valence-corrected chi connectivity index (χ1v) is 26.2. The smallest absolute Gasteiger partial charge is 0.246 e. The maximum Gasteiger partial charge on any atom is 0.246 e. The number of ether oxygens (including phenoxy) is 2. The summed E-state index contributed by atoms with van der Waals surface area (Å²) in [4.78, 5) is 86.9. The van der Waals surface area contributed by atoms with E-state index in [2.05, 4.69) is 48.0 Å². The summed E-state index contributed by atoms with van der Waals surface area (Å²) in [6, 6.07) is 13.2. The molecule has 2 fully saturated rings. The van der Waals surface area contributed by atoms with Gasteiger partial charge in [0.1, 0.15) is 30.8 Å².